The Bertz CT molecular complexity index is 985. The van der Waals surface area contributed by atoms with Gasteiger partial charge in [0.05, 0.1) is 14.2 Å². The van der Waals surface area contributed by atoms with Crippen molar-refractivity contribution in [2.45, 2.75) is 26.9 Å². The van der Waals surface area contributed by atoms with Crippen LogP contribution in [-0.2, 0) is 13.1 Å². The lowest BCUT2D eigenvalue weighted by molar-refractivity contribution is 0.352. The Morgan fingerprint density at radius 1 is 0.800 bits per heavy atom. The molecule has 0 aliphatic rings. The van der Waals surface area contributed by atoms with Gasteiger partial charge in [-0.15, -0.1) is 0 Å². The van der Waals surface area contributed by atoms with Gasteiger partial charge in [0.1, 0.15) is 0 Å². The summed E-state index contributed by atoms with van der Waals surface area (Å²) in [5.74, 6) is 1.43. The van der Waals surface area contributed by atoms with Crippen LogP contribution in [0.2, 0.25) is 0 Å². The van der Waals surface area contributed by atoms with Gasteiger partial charge in [0.25, 0.3) is 0 Å². The first-order valence-electron chi connectivity index (χ1n) is 9.88. The number of methoxy groups -OCH3 is 2. The first-order chi connectivity index (χ1) is 14.5. The van der Waals surface area contributed by atoms with Gasteiger partial charge in [-0.25, -0.2) is 0 Å². The van der Waals surface area contributed by atoms with Crippen molar-refractivity contribution in [1.82, 2.24) is 4.90 Å². The van der Waals surface area contributed by atoms with E-state index < -0.39 is 0 Å². The van der Waals surface area contributed by atoms with Crippen molar-refractivity contribution in [3.63, 3.8) is 0 Å². The molecule has 0 atom stereocenters. The van der Waals surface area contributed by atoms with Crippen LogP contribution >= 0.6 is 12.2 Å². The number of anilines is 1. The van der Waals surface area contributed by atoms with Crippen LogP contribution in [0.3, 0.4) is 0 Å². The highest BCUT2D eigenvalue weighted by molar-refractivity contribution is 7.80. The normalized spacial score (nSPS) is 10.4. The number of aryl methyl sites for hydroxylation is 2. The molecule has 0 aromatic heterocycles. The lowest BCUT2D eigenvalue weighted by atomic mass is 10.1. The molecule has 0 saturated carbocycles. The first-order valence-corrected chi connectivity index (χ1v) is 10.3. The fourth-order valence-corrected chi connectivity index (χ4v) is 3.63. The first kappa shape index (κ1) is 21.7. The monoisotopic (exact) mass is 420 g/mol. The summed E-state index contributed by atoms with van der Waals surface area (Å²) < 4.78 is 10.8. The summed E-state index contributed by atoms with van der Waals surface area (Å²) in [5, 5.41) is 4.16. The van der Waals surface area contributed by atoms with Crippen LogP contribution in [0, 0.1) is 13.8 Å². The summed E-state index contributed by atoms with van der Waals surface area (Å²) in [6.07, 6.45) is 0. The van der Waals surface area contributed by atoms with Gasteiger partial charge in [0.2, 0.25) is 0 Å². The highest BCUT2D eigenvalue weighted by atomic mass is 32.1. The van der Waals surface area contributed by atoms with E-state index in [1.165, 1.54) is 16.7 Å². The zero-order valence-corrected chi connectivity index (χ0v) is 18.8. The van der Waals surface area contributed by atoms with Gasteiger partial charge < -0.3 is 19.7 Å². The fourth-order valence-electron chi connectivity index (χ4n) is 3.40. The van der Waals surface area contributed by atoms with Crippen LogP contribution < -0.4 is 14.8 Å². The zero-order chi connectivity index (χ0) is 21.5. The lowest BCUT2D eigenvalue weighted by Crippen LogP contribution is -2.34. The number of nitrogens with one attached hydrogen (secondary N) is 1. The van der Waals surface area contributed by atoms with Gasteiger partial charge in [-0.2, -0.15) is 0 Å². The highest BCUT2D eigenvalue weighted by Gasteiger charge is 2.15. The molecule has 0 aliphatic heterocycles. The number of hydrogen-bond donors (Lipinski definition) is 1. The summed E-state index contributed by atoms with van der Waals surface area (Å²) in [7, 11) is 3.29. The summed E-state index contributed by atoms with van der Waals surface area (Å²) >= 11 is 5.84. The molecular weight excluding hydrogens is 392 g/mol. The summed E-state index contributed by atoms with van der Waals surface area (Å²) in [6.45, 7) is 5.53. The maximum absolute atomic E-state index is 5.84. The fraction of sp³-hybridized carbons (Fsp3) is 0.240. The van der Waals surface area contributed by atoms with Gasteiger partial charge in [-0.3, -0.25) is 0 Å². The number of rotatable bonds is 7. The Morgan fingerprint density at radius 3 is 2.07 bits per heavy atom. The molecule has 156 valence electrons. The van der Waals surface area contributed by atoms with Crippen molar-refractivity contribution in [2.24, 2.45) is 0 Å². The predicted octanol–water partition coefficient (Wildman–Crippen LogP) is 5.72. The van der Waals surface area contributed by atoms with Crippen LogP contribution in [0.15, 0.2) is 66.7 Å². The van der Waals surface area contributed by atoms with E-state index in [0.29, 0.717) is 29.7 Å². The quantitative estimate of drug-likeness (QED) is 0.495. The molecule has 0 heterocycles. The van der Waals surface area contributed by atoms with Gasteiger partial charge in [0, 0.05) is 18.8 Å². The van der Waals surface area contributed by atoms with E-state index in [-0.39, 0.29) is 0 Å². The molecule has 0 bridgehead atoms. The van der Waals surface area contributed by atoms with Crippen molar-refractivity contribution in [1.29, 1.82) is 0 Å². The minimum absolute atomic E-state index is 0.645. The molecular formula is C25H28N2O2S. The standard InChI is InChI=1S/C25H28N2O2S/c1-18-9-8-10-19(2)24(18)26-25(30)27(16-20-11-6-5-7-12-20)17-21-13-14-22(28-3)23(15-21)29-4/h5-15H,16-17H2,1-4H3,(H,26,30). The maximum atomic E-state index is 5.84. The molecule has 3 aromatic carbocycles. The minimum Gasteiger partial charge on any atom is -0.493 e. The Balaban J connectivity index is 1.87. The van der Waals surface area contributed by atoms with Crippen LogP contribution in [0.5, 0.6) is 11.5 Å². The van der Waals surface area contributed by atoms with Gasteiger partial charge in [-0.1, -0.05) is 54.6 Å². The Morgan fingerprint density at radius 2 is 1.43 bits per heavy atom. The van der Waals surface area contributed by atoms with E-state index in [4.69, 9.17) is 21.7 Å². The summed E-state index contributed by atoms with van der Waals surface area (Å²) in [6, 6.07) is 22.6. The predicted molar refractivity (Wildman–Crippen MR) is 127 cm³/mol. The molecule has 0 aliphatic carbocycles. The third kappa shape index (κ3) is 5.30. The van der Waals surface area contributed by atoms with Crippen molar-refractivity contribution < 1.29 is 9.47 Å². The molecule has 0 fully saturated rings. The largest absolute Gasteiger partial charge is 0.493 e. The molecule has 0 spiro atoms. The smallest absolute Gasteiger partial charge is 0.174 e. The molecule has 0 unspecified atom stereocenters. The van der Waals surface area contributed by atoms with Gasteiger partial charge in [-0.05, 0) is 60.5 Å². The second-order valence-corrected chi connectivity index (χ2v) is 7.61. The molecule has 5 heteroatoms. The SMILES string of the molecule is COc1ccc(CN(Cc2ccccc2)C(=S)Nc2c(C)cccc2C)cc1OC. The van der Waals surface area contributed by atoms with E-state index in [1.807, 2.05) is 36.4 Å². The minimum atomic E-state index is 0.645. The number of para-hydroxylation sites is 1. The molecule has 4 nitrogen and oxygen atoms in total. The molecule has 3 aromatic rings. The van der Waals surface area contributed by atoms with Gasteiger partial charge in [0.15, 0.2) is 16.6 Å². The molecule has 0 radical (unpaired) electrons. The highest BCUT2D eigenvalue weighted by Crippen LogP contribution is 2.28. The van der Waals surface area contributed by atoms with Gasteiger partial charge >= 0.3 is 0 Å². The Hall–Kier alpha value is -3.05. The number of benzene rings is 3. The van der Waals surface area contributed by atoms with Crippen LogP contribution in [0.1, 0.15) is 22.3 Å². The zero-order valence-electron chi connectivity index (χ0n) is 17.9. The summed E-state index contributed by atoms with van der Waals surface area (Å²) in [5.41, 5.74) is 5.69. The van der Waals surface area contributed by atoms with Crippen LogP contribution in [-0.4, -0.2) is 24.2 Å². The molecule has 3 rings (SSSR count). The van der Waals surface area contributed by atoms with Crippen LogP contribution in [0.4, 0.5) is 5.69 Å². The average Bonchev–Trinajstić information content (AvgIpc) is 2.76. The van der Waals surface area contributed by atoms with Crippen molar-refractivity contribution in [3.8, 4) is 11.5 Å². The molecule has 1 N–H and O–H groups in total. The molecule has 30 heavy (non-hydrogen) atoms. The second-order valence-electron chi connectivity index (χ2n) is 7.23. The van der Waals surface area contributed by atoms with E-state index in [2.05, 4.69) is 54.4 Å². The van der Waals surface area contributed by atoms with E-state index in [1.54, 1.807) is 14.2 Å². The van der Waals surface area contributed by atoms with Crippen molar-refractivity contribution >= 4 is 23.0 Å². The molecule has 0 amide bonds. The number of ether oxygens (including phenoxy) is 2. The second kappa shape index (κ2) is 10.1. The maximum Gasteiger partial charge on any atom is 0.174 e. The number of hydrogen-bond acceptors (Lipinski definition) is 3. The average molecular weight is 421 g/mol. The number of thiocarbonyl (C=S) groups is 1. The topological polar surface area (TPSA) is 33.7 Å². The third-order valence-corrected chi connectivity index (χ3v) is 5.40. The third-order valence-electron chi connectivity index (χ3n) is 5.04. The Labute approximate surface area is 184 Å². The number of nitrogens with zero attached hydrogens (tertiary/aromatic N) is 1. The van der Waals surface area contributed by atoms with E-state index >= 15 is 0 Å². The Kier molecular flexibility index (Phi) is 7.31. The molecule has 0 saturated heterocycles. The summed E-state index contributed by atoms with van der Waals surface area (Å²) in [4.78, 5) is 2.16. The lowest BCUT2D eigenvalue weighted by Gasteiger charge is -2.27. The van der Waals surface area contributed by atoms with Crippen LogP contribution in [0.25, 0.3) is 0 Å². The van der Waals surface area contributed by atoms with Crippen molar-refractivity contribution in [2.75, 3.05) is 19.5 Å². The van der Waals surface area contributed by atoms with E-state index in [0.717, 1.165) is 11.3 Å². The van der Waals surface area contributed by atoms with Crippen molar-refractivity contribution in [3.05, 3.63) is 89.0 Å². The van der Waals surface area contributed by atoms with E-state index in [9.17, 15) is 0 Å².